The van der Waals surface area contributed by atoms with Gasteiger partial charge in [-0.2, -0.15) is 0 Å². The van der Waals surface area contributed by atoms with Gasteiger partial charge >= 0.3 is 6.09 Å². The van der Waals surface area contributed by atoms with E-state index in [9.17, 15) is 14.4 Å². The first kappa shape index (κ1) is 30.2. The van der Waals surface area contributed by atoms with Crippen LogP contribution in [-0.2, 0) is 16.1 Å². The Kier molecular flexibility index (Phi) is 9.05. The lowest BCUT2D eigenvalue weighted by Crippen LogP contribution is -2.50. The number of hydrogen-bond acceptors (Lipinski definition) is 7. The van der Waals surface area contributed by atoms with Gasteiger partial charge in [0.1, 0.15) is 5.60 Å². The lowest BCUT2D eigenvalue weighted by atomic mass is 10.0. The van der Waals surface area contributed by atoms with Crippen molar-refractivity contribution in [1.82, 2.24) is 19.8 Å². The van der Waals surface area contributed by atoms with Gasteiger partial charge in [-0.3, -0.25) is 9.59 Å². The zero-order valence-corrected chi connectivity index (χ0v) is 25.2. The molecule has 2 heterocycles. The van der Waals surface area contributed by atoms with Crippen molar-refractivity contribution < 1.29 is 23.9 Å². The number of benzene rings is 2. The molecule has 43 heavy (non-hydrogen) atoms. The molecule has 1 aliphatic carbocycles. The highest BCUT2D eigenvalue weighted by Crippen LogP contribution is 2.33. The Hall–Kier alpha value is -4.31. The number of amides is 3. The largest absolute Gasteiger partial charge is 0.444 e. The Morgan fingerprint density at radius 1 is 0.930 bits per heavy atom. The number of piperidine rings is 1. The van der Waals surface area contributed by atoms with Gasteiger partial charge in [0.15, 0.2) is 5.82 Å². The summed E-state index contributed by atoms with van der Waals surface area (Å²) in [5, 5.41) is 2.91. The quantitative estimate of drug-likeness (QED) is 0.369. The van der Waals surface area contributed by atoms with Gasteiger partial charge in [0, 0.05) is 61.5 Å². The van der Waals surface area contributed by atoms with E-state index in [-0.39, 0.29) is 30.0 Å². The van der Waals surface area contributed by atoms with Crippen LogP contribution in [0.25, 0.3) is 11.4 Å². The highest BCUT2D eigenvalue weighted by atomic mass is 16.6. The first-order valence-corrected chi connectivity index (χ1v) is 14.7. The summed E-state index contributed by atoms with van der Waals surface area (Å²) in [7, 11) is 1.63. The maximum absolute atomic E-state index is 13.6. The molecule has 0 spiro atoms. The molecule has 10 heteroatoms. The van der Waals surface area contributed by atoms with Crippen molar-refractivity contribution in [3.63, 3.8) is 0 Å². The molecule has 3 amide bonds. The summed E-state index contributed by atoms with van der Waals surface area (Å²) in [4.78, 5) is 51.5. The van der Waals surface area contributed by atoms with Crippen molar-refractivity contribution in [2.45, 2.75) is 70.7 Å². The van der Waals surface area contributed by atoms with Crippen LogP contribution < -0.4 is 5.32 Å². The van der Waals surface area contributed by atoms with Crippen LogP contribution in [0.1, 0.15) is 72.7 Å². The number of nitrogens with zero attached hydrogens (tertiary/aromatic N) is 4. The first-order valence-electron chi connectivity index (χ1n) is 14.7. The smallest absolute Gasteiger partial charge is 0.410 e. The van der Waals surface area contributed by atoms with E-state index in [2.05, 4.69) is 15.3 Å². The number of rotatable bonds is 8. The van der Waals surface area contributed by atoms with E-state index < -0.39 is 5.60 Å². The van der Waals surface area contributed by atoms with Crippen molar-refractivity contribution in [2.75, 3.05) is 25.5 Å². The summed E-state index contributed by atoms with van der Waals surface area (Å²) in [6, 6.07) is 14.8. The average Bonchev–Trinajstić information content (AvgIpc) is 3.82. The molecule has 2 fully saturated rings. The number of ether oxygens (including phenoxy) is 2. The minimum Gasteiger partial charge on any atom is -0.444 e. The van der Waals surface area contributed by atoms with Crippen molar-refractivity contribution in [1.29, 1.82) is 0 Å². The van der Waals surface area contributed by atoms with Gasteiger partial charge < -0.3 is 24.6 Å². The Bertz CT molecular complexity index is 1440. The third-order valence-corrected chi connectivity index (χ3v) is 7.48. The molecule has 1 aliphatic heterocycles. The number of nitrogens with one attached hydrogen (secondary N) is 1. The Morgan fingerprint density at radius 3 is 2.19 bits per heavy atom. The zero-order valence-electron chi connectivity index (χ0n) is 25.2. The lowest BCUT2D eigenvalue weighted by molar-refractivity contribution is 0.0142. The molecule has 3 aromatic rings. The molecule has 1 aromatic heterocycles. The van der Waals surface area contributed by atoms with Crippen molar-refractivity contribution in [3.8, 4) is 11.4 Å². The molecule has 5 rings (SSSR count). The van der Waals surface area contributed by atoms with Crippen LogP contribution in [0, 0.1) is 0 Å². The van der Waals surface area contributed by atoms with Gasteiger partial charge in [0.25, 0.3) is 11.8 Å². The van der Waals surface area contributed by atoms with Crippen molar-refractivity contribution in [2.24, 2.45) is 0 Å². The molecule has 226 valence electrons. The summed E-state index contributed by atoms with van der Waals surface area (Å²) in [6.45, 7) is 7.16. The first-order chi connectivity index (χ1) is 20.6. The standard InChI is InChI=1S/C33H39N5O5/c1-33(2,3)43-32(41)37-16-14-28(15-17-37)38(27-12-13-27)31(40)25-19-34-29(35-20-25)23-8-10-24(11-9-23)30(39)36-26-7-5-6-22(18-26)21-42-4/h5-11,18-20,27-28H,12-17,21H2,1-4H3,(H,36,39). The molecule has 0 radical (unpaired) electrons. The number of likely N-dealkylation sites (tertiary alicyclic amines) is 1. The summed E-state index contributed by atoms with van der Waals surface area (Å²) in [6.07, 6.45) is 6.22. The van der Waals surface area contributed by atoms with Gasteiger partial charge in [-0.05, 0) is 76.3 Å². The fraction of sp³-hybridized carbons (Fsp3) is 0.424. The number of methoxy groups -OCH3 is 1. The second kappa shape index (κ2) is 12.9. The third-order valence-electron chi connectivity index (χ3n) is 7.48. The summed E-state index contributed by atoms with van der Waals surface area (Å²) in [5.41, 5.74) is 2.82. The van der Waals surface area contributed by atoms with E-state index in [0.717, 1.165) is 24.0 Å². The van der Waals surface area contributed by atoms with Crippen LogP contribution in [0.5, 0.6) is 0 Å². The third kappa shape index (κ3) is 7.75. The molecule has 2 aromatic carbocycles. The van der Waals surface area contributed by atoms with E-state index in [0.29, 0.717) is 55.2 Å². The molecule has 1 saturated heterocycles. The molecule has 0 atom stereocenters. The molecular formula is C33H39N5O5. The van der Waals surface area contributed by atoms with Gasteiger partial charge in [0.05, 0.1) is 12.2 Å². The monoisotopic (exact) mass is 585 g/mol. The van der Waals surface area contributed by atoms with E-state index in [1.807, 2.05) is 49.9 Å². The van der Waals surface area contributed by atoms with Gasteiger partial charge in [-0.15, -0.1) is 0 Å². The number of aromatic nitrogens is 2. The van der Waals surface area contributed by atoms with Crippen LogP contribution in [0.15, 0.2) is 60.9 Å². The van der Waals surface area contributed by atoms with Crippen LogP contribution in [0.2, 0.25) is 0 Å². The number of carbonyl (C=O) groups excluding carboxylic acids is 3. The second-order valence-corrected chi connectivity index (χ2v) is 12.1. The van der Waals surface area contributed by atoms with Gasteiger partial charge in [0.2, 0.25) is 0 Å². The zero-order chi connectivity index (χ0) is 30.6. The summed E-state index contributed by atoms with van der Waals surface area (Å²) < 4.78 is 10.7. The normalized spacial score (nSPS) is 15.6. The molecule has 1 N–H and O–H groups in total. The maximum Gasteiger partial charge on any atom is 0.410 e. The van der Waals surface area contributed by atoms with E-state index >= 15 is 0 Å². The van der Waals surface area contributed by atoms with Crippen LogP contribution in [0.4, 0.5) is 10.5 Å². The SMILES string of the molecule is COCc1cccc(NC(=O)c2ccc(-c3ncc(C(=O)N(C4CC4)C4CCN(C(=O)OC(C)(C)C)CC4)cn3)cc2)c1. The van der Waals surface area contributed by atoms with Gasteiger partial charge in [-0.25, -0.2) is 14.8 Å². The lowest BCUT2D eigenvalue weighted by Gasteiger charge is -2.39. The number of hydrogen-bond donors (Lipinski definition) is 1. The Labute approximate surface area is 252 Å². The fourth-order valence-corrected chi connectivity index (χ4v) is 5.25. The van der Waals surface area contributed by atoms with E-state index in [1.165, 1.54) is 0 Å². The van der Waals surface area contributed by atoms with Crippen molar-refractivity contribution >= 4 is 23.6 Å². The number of anilines is 1. The molecule has 1 saturated carbocycles. The predicted octanol–water partition coefficient (Wildman–Crippen LogP) is 5.55. The second-order valence-electron chi connectivity index (χ2n) is 12.1. The fourth-order valence-electron chi connectivity index (χ4n) is 5.25. The van der Waals surface area contributed by atoms with Crippen LogP contribution in [0.3, 0.4) is 0 Å². The molecule has 2 aliphatic rings. The summed E-state index contributed by atoms with van der Waals surface area (Å²) in [5.74, 6) is 0.172. The Balaban J connectivity index is 1.20. The predicted molar refractivity (Wildman–Crippen MR) is 163 cm³/mol. The average molecular weight is 586 g/mol. The topological polar surface area (TPSA) is 114 Å². The van der Waals surface area contributed by atoms with E-state index in [4.69, 9.17) is 9.47 Å². The van der Waals surface area contributed by atoms with E-state index in [1.54, 1.807) is 48.7 Å². The molecular weight excluding hydrogens is 546 g/mol. The molecule has 0 bridgehead atoms. The van der Waals surface area contributed by atoms with Crippen molar-refractivity contribution in [3.05, 3.63) is 77.6 Å². The maximum atomic E-state index is 13.6. The summed E-state index contributed by atoms with van der Waals surface area (Å²) >= 11 is 0. The molecule has 0 unspecified atom stereocenters. The molecule has 10 nitrogen and oxygen atoms in total. The minimum absolute atomic E-state index is 0.0551. The Morgan fingerprint density at radius 2 is 1.58 bits per heavy atom. The van der Waals surface area contributed by atoms with Crippen LogP contribution in [-0.4, -0.2) is 75.6 Å². The van der Waals surface area contributed by atoms with Crippen LogP contribution >= 0.6 is 0 Å². The van der Waals surface area contributed by atoms with Gasteiger partial charge in [-0.1, -0.05) is 24.3 Å². The highest BCUT2D eigenvalue weighted by molar-refractivity contribution is 6.04. The highest BCUT2D eigenvalue weighted by Gasteiger charge is 2.40. The number of carbonyl (C=O) groups is 3. The minimum atomic E-state index is -0.537.